The lowest BCUT2D eigenvalue weighted by molar-refractivity contribution is 0.00544. The monoisotopic (exact) mass is 272 g/mol. The van der Waals surface area contributed by atoms with Crippen LogP contribution < -0.4 is 4.74 Å². The Balaban J connectivity index is 2.20. The van der Waals surface area contributed by atoms with Gasteiger partial charge in [0, 0.05) is 13.5 Å². The minimum atomic E-state index is -0.224. The highest BCUT2D eigenvalue weighted by atomic mass is 16.5. The number of rotatable bonds is 6. The van der Waals surface area contributed by atoms with Crippen LogP contribution in [0.1, 0.15) is 30.6 Å². The van der Waals surface area contributed by atoms with Crippen molar-refractivity contribution in [3.63, 3.8) is 0 Å². The largest absolute Gasteiger partial charge is 0.493 e. The number of hydrogen-bond acceptors (Lipinski definition) is 3. The molecule has 0 aliphatic heterocycles. The van der Waals surface area contributed by atoms with E-state index < -0.39 is 0 Å². The molecule has 2 aromatic rings. The lowest BCUT2D eigenvalue weighted by Gasteiger charge is -2.23. The van der Waals surface area contributed by atoms with Crippen LogP contribution >= 0.6 is 0 Å². The second kappa shape index (κ2) is 6.06. The van der Waals surface area contributed by atoms with Crippen molar-refractivity contribution in [1.82, 2.24) is 0 Å². The van der Waals surface area contributed by atoms with Gasteiger partial charge in [0.05, 0.1) is 17.8 Å². The molecule has 0 aliphatic carbocycles. The van der Waals surface area contributed by atoms with Gasteiger partial charge in [-0.05, 0) is 30.7 Å². The third-order valence-electron chi connectivity index (χ3n) is 3.56. The molecule has 0 aliphatic rings. The molecule has 0 bridgehead atoms. The van der Waals surface area contributed by atoms with Crippen LogP contribution in [0.3, 0.4) is 0 Å². The number of carbonyl (C=O) groups is 1. The highest BCUT2D eigenvalue weighted by Gasteiger charge is 2.16. The van der Waals surface area contributed by atoms with Gasteiger partial charge in [-0.3, -0.25) is 4.79 Å². The Morgan fingerprint density at radius 1 is 1.15 bits per heavy atom. The molecule has 0 radical (unpaired) electrons. The summed E-state index contributed by atoms with van der Waals surface area (Å²) < 4.78 is 11.1. The summed E-state index contributed by atoms with van der Waals surface area (Å²) in [6.45, 7) is 4.54. The fourth-order valence-corrected chi connectivity index (χ4v) is 2.03. The van der Waals surface area contributed by atoms with Crippen LogP contribution in [0.15, 0.2) is 36.4 Å². The van der Waals surface area contributed by atoms with Gasteiger partial charge in [0.15, 0.2) is 6.29 Å². The minimum absolute atomic E-state index is 0.224. The predicted octanol–water partition coefficient (Wildman–Crippen LogP) is 3.85. The average molecular weight is 272 g/mol. The van der Waals surface area contributed by atoms with Gasteiger partial charge in [-0.25, -0.2) is 0 Å². The van der Waals surface area contributed by atoms with Crippen molar-refractivity contribution >= 4 is 17.1 Å². The second-order valence-corrected chi connectivity index (χ2v) is 5.38. The Morgan fingerprint density at radius 2 is 1.90 bits per heavy atom. The van der Waals surface area contributed by atoms with Gasteiger partial charge in [-0.15, -0.1) is 0 Å². The third-order valence-corrected chi connectivity index (χ3v) is 3.56. The molecule has 2 rings (SSSR count). The highest BCUT2D eigenvalue weighted by Crippen LogP contribution is 2.27. The number of methoxy groups -OCH3 is 1. The molecule has 0 spiro atoms. The molecule has 0 N–H and O–H groups in total. The summed E-state index contributed by atoms with van der Waals surface area (Å²) in [6, 6.07) is 11.6. The van der Waals surface area contributed by atoms with Gasteiger partial charge in [0.1, 0.15) is 5.75 Å². The van der Waals surface area contributed by atoms with E-state index in [4.69, 9.17) is 9.47 Å². The van der Waals surface area contributed by atoms with E-state index in [9.17, 15) is 4.79 Å². The zero-order chi connectivity index (χ0) is 14.6. The van der Waals surface area contributed by atoms with Crippen molar-refractivity contribution in [1.29, 1.82) is 0 Å². The van der Waals surface area contributed by atoms with E-state index in [2.05, 4.69) is 0 Å². The van der Waals surface area contributed by atoms with Gasteiger partial charge in [0.25, 0.3) is 0 Å². The molecule has 0 amide bonds. The number of carbonyl (C=O) groups excluding carboxylic acids is 1. The van der Waals surface area contributed by atoms with Crippen molar-refractivity contribution in [3.05, 3.63) is 42.0 Å². The van der Waals surface area contributed by atoms with E-state index in [-0.39, 0.29) is 5.60 Å². The number of fused-ring (bicyclic) bond motifs is 1. The molecule has 20 heavy (non-hydrogen) atoms. The summed E-state index contributed by atoms with van der Waals surface area (Å²) >= 11 is 0. The van der Waals surface area contributed by atoms with Crippen molar-refractivity contribution in [2.24, 2.45) is 0 Å². The summed E-state index contributed by atoms with van der Waals surface area (Å²) in [4.78, 5) is 11.4. The summed E-state index contributed by atoms with van der Waals surface area (Å²) in [5.41, 5.74) is 0.386. The number of hydrogen-bond donors (Lipinski definition) is 0. The molecule has 0 heterocycles. The van der Waals surface area contributed by atoms with Gasteiger partial charge in [0.2, 0.25) is 0 Å². The number of aldehydes is 1. The van der Waals surface area contributed by atoms with Crippen LogP contribution in [-0.2, 0) is 4.74 Å². The SMILES string of the molecule is COC(C)(C)CCOc1ccc2ccccc2c1C=O. The fourth-order valence-electron chi connectivity index (χ4n) is 2.03. The molecule has 0 unspecified atom stereocenters. The smallest absolute Gasteiger partial charge is 0.154 e. The molecule has 0 aromatic heterocycles. The maximum Gasteiger partial charge on any atom is 0.154 e. The summed E-state index contributed by atoms with van der Waals surface area (Å²) in [5, 5.41) is 1.96. The first-order chi connectivity index (χ1) is 9.57. The zero-order valence-electron chi connectivity index (χ0n) is 12.2. The summed E-state index contributed by atoms with van der Waals surface area (Å²) in [5.74, 6) is 0.630. The molecule has 106 valence electrons. The Bertz CT molecular complexity index is 602. The number of ether oxygens (including phenoxy) is 2. The van der Waals surface area contributed by atoms with Gasteiger partial charge < -0.3 is 9.47 Å². The Hall–Kier alpha value is -1.87. The maximum atomic E-state index is 11.4. The molecule has 0 saturated carbocycles. The van der Waals surface area contributed by atoms with Crippen LogP contribution in [0.2, 0.25) is 0 Å². The first-order valence-electron chi connectivity index (χ1n) is 6.72. The van der Waals surface area contributed by atoms with E-state index in [0.29, 0.717) is 17.9 Å². The normalized spacial score (nSPS) is 11.6. The molecule has 0 atom stereocenters. The lowest BCUT2D eigenvalue weighted by Crippen LogP contribution is -2.25. The van der Waals surface area contributed by atoms with E-state index in [1.165, 1.54) is 0 Å². The standard InChI is InChI=1S/C17H20O3/c1-17(2,19-3)10-11-20-16-9-8-13-6-4-5-7-14(13)15(16)12-18/h4-9,12H,10-11H2,1-3H3. The molecule has 0 fully saturated rings. The lowest BCUT2D eigenvalue weighted by atomic mass is 10.0. The first-order valence-corrected chi connectivity index (χ1v) is 6.72. The fraction of sp³-hybridized carbons (Fsp3) is 0.353. The average Bonchev–Trinajstić information content (AvgIpc) is 2.46. The van der Waals surface area contributed by atoms with Crippen molar-refractivity contribution in [2.45, 2.75) is 25.9 Å². The van der Waals surface area contributed by atoms with Crippen molar-refractivity contribution < 1.29 is 14.3 Å². The minimum Gasteiger partial charge on any atom is -0.493 e. The number of benzene rings is 2. The van der Waals surface area contributed by atoms with E-state index in [0.717, 1.165) is 23.5 Å². The molecule has 2 aromatic carbocycles. The summed E-state index contributed by atoms with van der Waals surface area (Å²) in [7, 11) is 1.69. The van der Waals surface area contributed by atoms with Crippen LogP contribution in [0.4, 0.5) is 0 Å². The van der Waals surface area contributed by atoms with Gasteiger partial charge >= 0.3 is 0 Å². The highest BCUT2D eigenvalue weighted by molar-refractivity contribution is 6.00. The molecular formula is C17H20O3. The van der Waals surface area contributed by atoms with E-state index >= 15 is 0 Å². The van der Waals surface area contributed by atoms with Crippen molar-refractivity contribution in [3.8, 4) is 5.75 Å². The molecule has 3 nitrogen and oxygen atoms in total. The van der Waals surface area contributed by atoms with Crippen LogP contribution in [-0.4, -0.2) is 25.6 Å². The summed E-state index contributed by atoms with van der Waals surface area (Å²) in [6.07, 6.45) is 1.62. The van der Waals surface area contributed by atoms with Gasteiger partial charge in [-0.2, -0.15) is 0 Å². The molecule has 3 heteroatoms. The second-order valence-electron chi connectivity index (χ2n) is 5.38. The van der Waals surface area contributed by atoms with E-state index in [1.54, 1.807) is 7.11 Å². The van der Waals surface area contributed by atoms with Crippen LogP contribution in [0, 0.1) is 0 Å². The van der Waals surface area contributed by atoms with E-state index in [1.807, 2.05) is 50.2 Å². The Labute approximate surface area is 119 Å². The Morgan fingerprint density at radius 3 is 2.60 bits per heavy atom. The van der Waals surface area contributed by atoms with Crippen molar-refractivity contribution in [2.75, 3.05) is 13.7 Å². The zero-order valence-corrected chi connectivity index (χ0v) is 12.2. The quantitative estimate of drug-likeness (QED) is 0.749. The molecular weight excluding hydrogens is 252 g/mol. The molecule has 0 saturated heterocycles. The van der Waals surface area contributed by atoms with Crippen LogP contribution in [0.25, 0.3) is 10.8 Å². The van der Waals surface area contributed by atoms with Crippen LogP contribution in [0.5, 0.6) is 5.75 Å². The third kappa shape index (κ3) is 3.17. The first kappa shape index (κ1) is 14.5. The Kier molecular flexibility index (Phi) is 4.40. The topological polar surface area (TPSA) is 35.5 Å². The van der Waals surface area contributed by atoms with Gasteiger partial charge in [-0.1, -0.05) is 30.3 Å². The maximum absolute atomic E-state index is 11.4. The predicted molar refractivity (Wildman–Crippen MR) is 80.5 cm³/mol.